The summed E-state index contributed by atoms with van der Waals surface area (Å²) in [4.78, 5) is 38.4. The van der Waals surface area contributed by atoms with Gasteiger partial charge in [0, 0.05) is 30.4 Å². The third-order valence-corrected chi connectivity index (χ3v) is 7.03. The molecule has 0 saturated carbocycles. The monoisotopic (exact) mass is 517 g/mol. The first-order chi connectivity index (χ1) is 18.5. The Morgan fingerprint density at radius 3 is 2.63 bits per heavy atom. The Kier molecular flexibility index (Phi) is 6.50. The van der Waals surface area contributed by atoms with Crippen LogP contribution in [0.25, 0.3) is 5.69 Å². The normalized spacial score (nSPS) is 19.8. The van der Waals surface area contributed by atoms with Gasteiger partial charge in [-0.05, 0) is 42.8 Å². The molecule has 0 aliphatic carbocycles. The highest BCUT2D eigenvalue weighted by molar-refractivity contribution is 6.05. The van der Waals surface area contributed by atoms with E-state index in [0.717, 1.165) is 43.1 Å². The van der Waals surface area contributed by atoms with E-state index in [-0.39, 0.29) is 37.5 Å². The van der Waals surface area contributed by atoms with E-state index in [4.69, 9.17) is 14.2 Å². The Morgan fingerprint density at radius 1 is 1.03 bits per heavy atom. The summed E-state index contributed by atoms with van der Waals surface area (Å²) in [6.45, 7) is 1.86. The van der Waals surface area contributed by atoms with E-state index in [2.05, 4.69) is 15.6 Å². The summed E-state index contributed by atoms with van der Waals surface area (Å²) < 4.78 is 19.1. The van der Waals surface area contributed by atoms with E-state index < -0.39 is 11.9 Å². The maximum Gasteiger partial charge on any atom is 0.255 e. The molecule has 1 atom stereocenters. The van der Waals surface area contributed by atoms with Crippen molar-refractivity contribution in [2.75, 3.05) is 13.2 Å². The van der Waals surface area contributed by atoms with Gasteiger partial charge in [-0.3, -0.25) is 19.7 Å². The van der Waals surface area contributed by atoms with E-state index in [0.29, 0.717) is 23.4 Å². The molecule has 0 radical (unpaired) electrons. The van der Waals surface area contributed by atoms with Gasteiger partial charge in [0.05, 0.1) is 31.6 Å². The summed E-state index contributed by atoms with van der Waals surface area (Å²) >= 11 is 0. The van der Waals surface area contributed by atoms with Gasteiger partial charge in [-0.2, -0.15) is 0 Å². The van der Waals surface area contributed by atoms with Crippen LogP contribution in [0.4, 0.5) is 0 Å². The second-order valence-corrected chi connectivity index (χ2v) is 9.55. The molecule has 2 fully saturated rings. The first-order valence-corrected chi connectivity index (χ1v) is 12.7. The number of amides is 3. The van der Waals surface area contributed by atoms with E-state index >= 15 is 0 Å². The SMILES string of the molecule is O=C1CCC(N2Cc3c(OCc4cn(-c5ccc(OC6CCOCC6)cc5)nn4)cccc3C2=O)C(=O)N1. The van der Waals surface area contributed by atoms with Crippen LogP contribution in [0.2, 0.25) is 0 Å². The van der Waals surface area contributed by atoms with Crippen LogP contribution in [0.3, 0.4) is 0 Å². The lowest BCUT2D eigenvalue weighted by Crippen LogP contribution is -2.52. The van der Waals surface area contributed by atoms with Crippen LogP contribution in [0.1, 0.15) is 47.3 Å². The predicted octanol–water partition coefficient (Wildman–Crippen LogP) is 2.17. The Bertz CT molecular complexity index is 1360. The van der Waals surface area contributed by atoms with Gasteiger partial charge < -0.3 is 19.1 Å². The van der Waals surface area contributed by atoms with Crippen molar-refractivity contribution in [3.63, 3.8) is 0 Å². The van der Waals surface area contributed by atoms with Gasteiger partial charge in [0.1, 0.15) is 35.9 Å². The Balaban J connectivity index is 1.10. The molecular formula is C27H27N5O6. The topological polar surface area (TPSA) is 125 Å². The van der Waals surface area contributed by atoms with Crippen molar-refractivity contribution in [1.82, 2.24) is 25.2 Å². The minimum absolute atomic E-state index is 0.161. The highest BCUT2D eigenvalue weighted by atomic mass is 16.5. The molecule has 1 N–H and O–H groups in total. The van der Waals surface area contributed by atoms with Gasteiger partial charge in [0.25, 0.3) is 5.91 Å². The molecule has 1 unspecified atom stereocenters. The summed E-state index contributed by atoms with van der Waals surface area (Å²) in [5, 5.41) is 10.7. The first kappa shape index (κ1) is 24.1. The zero-order valence-corrected chi connectivity index (χ0v) is 20.7. The molecule has 0 spiro atoms. The van der Waals surface area contributed by atoms with Crippen LogP contribution in [-0.2, 0) is 27.5 Å². The fourth-order valence-electron chi connectivity index (χ4n) is 5.00. The molecule has 3 aromatic rings. The molecule has 2 saturated heterocycles. The molecular weight excluding hydrogens is 490 g/mol. The number of benzene rings is 2. The average molecular weight is 518 g/mol. The molecule has 2 aromatic carbocycles. The quantitative estimate of drug-likeness (QED) is 0.473. The molecule has 11 heteroatoms. The minimum atomic E-state index is -0.672. The van der Waals surface area contributed by atoms with Gasteiger partial charge in [-0.25, -0.2) is 4.68 Å². The van der Waals surface area contributed by atoms with Crippen LogP contribution in [0.15, 0.2) is 48.7 Å². The molecule has 11 nitrogen and oxygen atoms in total. The maximum absolute atomic E-state index is 13.0. The number of nitrogens with one attached hydrogen (secondary N) is 1. The standard InChI is InChI=1S/C27H27N5O6/c33-25-9-8-23(26(34)28-25)31-15-22-21(27(31)35)2-1-3-24(22)37-16-17-14-32(30-29-17)18-4-6-19(7-5-18)38-20-10-12-36-13-11-20/h1-7,14,20,23H,8-13,15-16H2,(H,28,33,34). The molecule has 4 heterocycles. The number of nitrogens with zero attached hydrogens (tertiary/aromatic N) is 4. The third-order valence-electron chi connectivity index (χ3n) is 7.03. The highest BCUT2D eigenvalue weighted by Gasteiger charge is 2.40. The summed E-state index contributed by atoms with van der Waals surface area (Å²) in [5.74, 6) is 0.365. The largest absolute Gasteiger partial charge is 0.490 e. The summed E-state index contributed by atoms with van der Waals surface area (Å²) in [6.07, 6.45) is 4.27. The smallest absolute Gasteiger partial charge is 0.255 e. The zero-order chi connectivity index (χ0) is 26.1. The van der Waals surface area contributed by atoms with Crippen molar-refractivity contribution in [1.29, 1.82) is 0 Å². The van der Waals surface area contributed by atoms with Gasteiger partial charge in [-0.1, -0.05) is 11.3 Å². The Labute approximate surface area is 218 Å². The van der Waals surface area contributed by atoms with Gasteiger partial charge in [0.2, 0.25) is 11.8 Å². The van der Waals surface area contributed by atoms with E-state index in [1.807, 2.05) is 24.3 Å². The fourth-order valence-corrected chi connectivity index (χ4v) is 5.00. The zero-order valence-electron chi connectivity index (χ0n) is 20.7. The number of carbonyl (C=O) groups excluding carboxylic acids is 3. The van der Waals surface area contributed by atoms with Crippen molar-refractivity contribution >= 4 is 17.7 Å². The molecule has 3 amide bonds. The van der Waals surface area contributed by atoms with Crippen LogP contribution in [0, 0.1) is 0 Å². The molecule has 6 rings (SSSR count). The molecule has 3 aliphatic rings. The Hall–Kier alpha value is -4.25. The molecule has 0 bridgehead atoms. The minimum Gasteiger partial charge on any atom is -0.490 e. The Morgan fingerprint density at radius 2 is 1.84 bits per heavy atom. The molecule has 1 aromatic heterocycles. The first-order valence-electron chi connectivity index (χ1n) is 12.7. The molecule has 196 valence electrons. The second kappa shape index (κ2) is 10.3. The predicted molar refractivity (Wildman–Crippen MR) is 133 cm³/mol. The number of fused-ring (bicyclic) bond motifs is 1. The summed E-state index contributed by atoms with van der Waals surface area (Å²) in [6, 6.07) is 12.3. The van der Waals surface area contributed by atoms with Gasteiger partial charge in [-0.15, -0.1) is 5.10 Å². The number of hydrogen-bond donors (Lipinski definition) is 1. The molecule has 3 aliphatic heterocycles. The lowest BCUT2D eigenvalue weighted by atomic mass is 10.0. The van der Waals surface area contributed by atoms with Crippen LogP contribution >= 0.6 is 0 Å². The van der Waals surface area contributed by atoms with Crippen LogP contribution in [-0.4, -0.2) is 63.0 Å². The van der Waals surface area contributed by atoms with Gasteiger partial charge in [0.15, 0.2) is 0 Å². The lowest BCUT2D eigenvalue weighted by molar-refractivity contribution is -0.136. The maximum atomic E-state index is 13.0. The number of hydrogen-bond acceptors (Lipinski definition) is 8. The number of imide groups is 1. The van der Waals surface area contributed by atoms with Crippen molar-refractivity contribution in [3.8, 4) is 17.2 Å². The second-order valence-electron chi connectivity index (χ2n) is 9.55. The number of ether oxygens (including phenoxy) is 3. The highest BCUT2D eigenvalue weighted by Crippen LogP contribution is 2.34. The van der Waals surface area contributed by atoms with Crippen LogP contribution in [0.5, 0.6) is 11.5 Å². The summed E-state index contributed by atoms with van der Waals surface area (Å²) in [5.41, 5.74) is 2.68. The lowest BCUT2D eigenvalue weighted by Gasteiger charge is -2.29. The van der Waals surface area contributed by atoms with E-state index in [1.54, 1.807) is 29.1 Å². The number of rotatable bonds is 7. The fraction of sp³-hybridized carbons (Fsp3) is 0.370. The summed E-state index contributed by atoms with van der Waals surface area (Å²) in [7, 11) is 0. The van der Waals surface area contributed by atoms with E-state index in [1.165, 1.54) is 4.90 Å². The van der Waals surface area contributed by atoms with E-state index in [9.17, 15) is 14.4 Å². The van der Waals surface area contributed by atoms with Crippen molar-refractivity contribution < 1.29 is 28.6 Å². The van der Waals surface area contributed by atoms with Crippen molar-refractivity contribution in [3.05, 3.63) is 65.5 Å². The number of carbonyl (C=O) groups is 3. The van der Waals surface area contributed by atoms with Crippen molar-refractivity contribution in [2.24, 2.45) is 0 Å². The van der Waals surface area contributed by atoms with Crippen molar-refractivity contribution in [2.45, 2.75) is 51.0 Å². The third kappa shape index (κ3) is 4.84. The van der Waals surface area contributed by atoms with Crippen LogP contribution < -0.4 is 14.8 Å². The average Bonchev–Trinajstić information content (AvgIpc) is 3.54. The number of piperidine rings is 1. The van der Waals surface area contributed by atoms with Gasteiger partial charge >= 0.3 is 0 Å². The number of aromatic nitrogens is 3. The molecule has 38 heavy (non-hydrogen) atoms.